The third-order valence-corrected chi connectivity index (χ3v) is 5.30. The number of fused-ring (bicyclic) bond motifs is 1. The van der Waals surface area contributed by atoms with Crippen LogP contribution in [0.5, 0.6) is 0 Å². The molecule has 0 spiro atoms. The van der Waals surface area contributed by atoms with Crippen molar-refractivity contribution in [3.05, 3.63) is 53.8 Å². The molecule has 0 bridgehead atoms. The lowest BCUT2D eigenvalue weighted by Gasteiger charge is -2.20. The van der Waals surface area contributed by atoms with Gasteiger partial charge in [0.05, 0.1) is 11.4 Å². The maximum absolute atomic E-state index is 13.9. The van der Waals surface area contributed by atoms with E-state index in [-0.39, 0.29) is 5.69 Å². The lowest BCUT2D eigenvalue weighted by atomic mass is 10.2. The van der Waals surface area contributed by atoms with Gasteiger partial charge in [-0.2, -0.15) is 0 Å². The van der Waals surface area contributed by atoms with Crippen LogP contribution in [0.15, 0.2) is 47.4 Å². The second-order valence-corrected chi connectivity index (χ2v) is 6.41. The van der Waals surface area contributed by atoms with E-state index >= 15 is 0 Å². The Morgan fingerprint density at radius 1 is 1.10 bits per heavy atom. The summed E-state index contributed by atoms with van der Waals surface area (Å²) in [7, 11) is -3.98. The maximum Gasteiger partial charge on any atom is 0.269 e. The fourth-order valence-corrected chi connectivity index (χ4v) is 4.13. The molecule has 0 aromatic heterocycles. The van der Waals surface area contributed by atoms with E-state index in [1.807, 2.05) is 12.1 Å². The molecule has 0 radical (unpaired) electrons. The molecule has 2 aromatic rings. The Hall–Kier alpha value is -2.08. The standard InChI is InChI=1S/C14H13FN2O2S/c15-11-5-3-6-12(16)14(11)20(18,19)17-9-8-10-4-1-2-7-13(10)17/h1-7H,8-9,16H2. The van der Waals surface area contributed by atoms with Crippen LogP contribution in [-0.4, -0.2) is 15.0 Å². The molecule has 0 unspecified atom stereocenters. The van der Waals surface area contributed by atoms with Crippen molar-refractivity contribution >= 4 is 21.4 Å². The van der Waals surface area contributed by atoms with Crippen molar-refractivity contribution in [3.8, 4) is 0 Å². The molecule has 4 nitrogen and oxygen atoms in total. The average molecular weight is 292 g/mol. The van der Waals surface area contributed by atoms with Gasteiger partial charge in [-0.3, -0.25) is 4.31 Å². The summed E-state index contributed by atoms with van der Waals surface area (Å²) >= 11 is 0. The Balaban J connectivity index is 2.16. The molecular weight excluding hydrogens is 279 g/mol. The summed E-state index contributed by atoms with van der Waals surface area (Å²) in [5.41, 5.74) is 7.10. The summed E-state index contributed by atoms with van der Waals surface area (Å²) in [6.45, 7) is 0.301. The molecule has 20 heavy (non-hydrogen) atoms. The number of nitrogen functional groups attached to an aromatic ring is 1. The van der Waals surface area contributed by atoms with Crippen molar-refractivity contribution < 1.29 is 12.8 Å². The van der Waals surface area contributed by atoms with Crippen LogP contribution in [0.1, 0.15) is 5.56 Å². The summed E-state index contributed by atoms with van der Waals surface area (Å²) in [4.78, 5) is -0.447. The molecule has 0 aliphatic carbocycles. The molecule has 104 valence electrons. The first kappa shape index (κ1) is 12.9. The van der Waals surface area contributed by atoms with Gasteiger partial charge < -0.3 is 5.73 Å². The van der Waals surface area contributed by atoms with Gasteiger partial charge in [0.25, 0.3) is 10.0 Å². The van der Waals surface area contributed by atoms with Crippen LogP contribution in [-0.2, 0) is 16.4 Å². The van der Waals surface area contributed by atoms with E-state index in [0.717, 1.165) is 11.6 Å². The largest absolute Gasteiger partial charge is 0.398 e. The van der Waals surface area contributed by atoms with Gasteiger partial charge in [-0.15, -0.1) is 0 Å². The molecular formula is C14H13FN2O2S. The second-order valence-electron chi connectivity index (χ2n) is 4.61. The number of para-hydroxylation sites is 1. The topological polar surface area (TPSA) is 63.4 Å². The molecule has 0 saturated heterocycles. The van der Waals surface area contributed by atoms with Crippen LogP contribution in [0.3, 0.4) is 0 Å². The monoisotopic (exact) mass is 292 g/mol. The summed E-state index contributed by atoms with van der Waals surface area (Å²) < 4.78 is 40.4. The minimum Gasteiger partial charge on any atom is -0.398 e. The van der Waals surface area contributed by atoms with Gasteiger partial charge in [-0.1, -0.05) is 24.3 Å². The Morgan fingerprint density at radius 3 is 2.60 bits per heavy atom. The van der Waals surface area contributed by atoms with Crippen LogP contribution in [0.2, 0.25) is 0 Å². The van der Waals surface area contributed by atoms with Gasteiger partial charge in [-0.25, -0.2) is 12.8 Å². The number of nitrogens with two attached hydrogens (primary N) is 1. The lowest BCUT2D eigenvalue weighted by molar-refractivity contribution is 0.566. The number of anilines is 2. The number of halogens is 1. The van der Waals surface area contributed by atoms with Gasteiger partial charge in [-0.05, 0) is 30.2 Å². The summed E-state index contributed by atoms with van der Waals surface area (Å²) in [5.74, 6) is -0.825. The SMILES string of the molecule is Nc1cccc(F)c1S(=O)(=O)N1CCc2ccccc21. The number of hydrogen-bond donors (Lipinski definition) is 1. The van der Waals surface area contributed by atoms with Crippen LogP contribution in [0, 0.1) is 5.82 Å². The Bertz CT molecular complexity index is 754. The van der Waals surface area contributed by atoms with Crippen molar-refractivity contribution in [3.63, 3.8) is 0 Å². The Morgan fingerprint density at radius 2 is 1.85 bits per heavy atom. The molecule has 6 heteroatoms. The molecule has 0 atom stereocenters. The van der Waals surface area contributed by atoms with Crippen LogP contribution < -0.4 is 10.0 Å². The molecule has 0 fully saturated rings. The van der Waals surface area contributed by atoms with E-state index in [4.69, 9.17) is 5.73 Å². The first-order valence-corrected chi connectivity index (χ1v) is 7.60. The number of hydrogen-bond acceptors (Lipinski definition) is 3. The normalized spacial score (nSPS) is 14.3. The lowest BCUT2D eigenvalue weighted by Crippen LogP contribution is -2.30. The van der Waals surface area contributed by atoms with Crippen molar-refractivity contribution in [2.24, 2.45) is 0 Å². The highest BCUT2D eigenvalue weighted by Crippen LogP contribution is 2.35. The molecule has 1 aliphatic heterocycles. The summed E-state index contributed by atoms with van der Waals surface area (Å²) in [6, 6.07) is 11.1. The third-order valence-electron chi connectivity index (χ3n) is 3.39. The third kappa shape index (κ3) is 1.84. The quantitative estimate of drug-likeness (QED) is 0.863. The second kappa shape index (κ2) is 4.49. The van der Waals surface area contributed by atoms with E-state index in [9.17, 15) is 12.8 Å². The van der Waals surface area contributed by atoms with Gasteiger partial charge in [0.2, 0.25) is 0 Å². The highest BCUT2D eigenvalue weighted by atomic mass is 32.2. The minimum absolute atomic E-state index is 0.0746. The van der Waals surface area contributed by atoms with Crippen LogP contribution in [0.4, 0.5) is 15.8 Å². The first-order valence-electron chi connectivity index (χ1n) is 6.16. The summed E-state index contributed by atoms with van der Waals surface area (Å²) in [6.07, 6.45) is 0.615. The first-order chi connectivity index (χ1) is 9.51. The fraction of sp³-hybridized carbons (Fsp3) is 0.143. The van der Waals surface area contributed by atoms with Gasteiger partial charge in [0, 0.05) is 6.54 Å². The summed E-state index contributed by atoms with van der Waals surface area (Å²) in [5, 5.41) is 0. The predicted molar refractivity (Wildman–Crippen MR) is 75.5 cm³/mol. The van der Waals surface area contributed by atoms with E-state index in [1.165, 1.54) is 16.4 Å². The highest BCUT2D eigenvalue weighted by molar-refractivity contribution is 7.93. The number of nitrogens with zero attached hydrogens (tertiary/aromatic N) is 1. The Labute approximate surface area is 116 Å². The molecule has 1 heterocycles. The zero-order valence-electron chi connectivity index (χ0n) is 10.6. The van der Waals surface area contributed by atoms with Gasteiger partial charge in [0.1, 0.15) is 10.7 Å². The molecule has 2 aromatic carbocycles. The van der Waals surface area contributed by atoms with Crippen molar-refractivity contribution in [1.82, 2.24) is 0 Å². The minimum atomic E-state index is -3.98. The highest BCUT2D eigenvalue weighted by Gasteiger charge is 2.33. The number of rotatable bonds is 2. The number of benzene rings is 2. The average Bonchev–Trinajstić information content (AvgIpc) is 2.82. The molecule has 0 saturated carbocycles. The van der Waals surface area contributed by atoms with E-state index in [0.29, 0.717) is 18.7 Å². The zero-order valence-corrected chi connectivity index (χ0v) is 11.4. The van der Waals surface area contributed by atoms with E-state index in [1.54, 1.807) is 12.1 Å². The fourth-order valence-electron chi connectivity index (χ4n) is 2.47. The number of sulfonamides is 1. The molecule has 1 aliphatic rings. The molecule has 2 N–H and O–H groups in total. The smallest absolute Gasteiger partial charge is 0.269 e. The molecule has 0 amide bonds. The predicted octanol–water partition coefficient (Wildman–Crippen LogP) is 2.16. The van der Waals surface area contributed by atoms with E-state index < -0.39 is 20.7 Å². The van der Waals surface area contributed by atoms with Crippen molar-refractivity contribution in [2.75, 3.05) is 16.6 Å². The Kier molecular flexibility index (Phi) is 2.90. The van der Waals surface area contributed by atoms with Crippen LogP contribution in [0.25, 0.3) is 0 Å². The van der Waals surface area contributed by atoms with Gasteiger partial charge >= 0.3 is 0 Å². The van der Waals surface area contributed by atoms with Crippen molar-refractivity contribution in [2.45, 2.75) is 11.3 Å². The molecule has 3 rings (SSSR count). The zero-order chi connectivity index (χ0) is 14.3. The van der Waals surface area contributed by atoms with Crippen LogP contribution >= 0.6 is 0 Å². The van der Waals surface area contributed by atoms with E-state index in [2.05, 4.69) is 0 Å². The maximum atomic E-state index is 13.9. The van der Waals surface area contributed by atoms with Crippen molar-refractivity contribution in [1.29, 1.82) is 0 Å². The van der Waals surface area contributed by atoms with Gasteiger partial charge in [0.15, 0.2) is 0 Å².